The predicted molar refractivity (Wildman–Crippen MR) is 175 cm³/mol. The summed E-state index contributed by atoms with van der Waals surface area (Å²) in [6.45, 7) is 20.0. The molecule has 3 aliphatic heterocycles. The summed E-state index contributed by atoms with van der Waals surface area (Å²) in [5.41, 5.74) is 1.04. The number of hydrogen-bond acceptors (Lipinski definition) is 10. The molecule has 0 saturated carbocycles. The van der Waals surface area contributed by atoms with Crippen LogP contribution in [0.15, 0.2) is 30.3 Å². The van der Waals surface area contributed by atoms with Crippen LogP contribution in [0.5, 0.6) is 0 Å². The molecule has 15 atom stereocenters. The van der Waals surface area contributed by atoms with E-state index < -0.39 is 43.1 Å². The lowest BCUT2D eigenvalue weighted by molar-refractivity contribution is -0.330. The van der Waals surface area contributed by atoms with Crippen LogP contribution in [0.4, 0.5) is 0 Å². The fourth-order valence-electron chi connectivity index (χ4n) is 7.40. The van der Waals surface area contributed by atoms with Crippen LogP contribution >= 0.6 is 0 Å². The molecule has 47 heavy (non-hydrogen) atoms. The van der Waals surface area contributed by atoms with Gasteiger partial charge in [0.05, 0.1) is 43.7 Å². The van der Waals surface area contributed by atoms with Crippen molar-refractivity contribution in [1.82, 2.24) is 0 Å². The highest BCUT2D eigenvalue weighted by atomic mass is 16.7. The van der Waals surface area contributed by atoms with Gasteiger partial charge in [-0.3, -0.25) is 9.59 Å². The summed E-state index contributed by atoms with van der Waals surface area (Å²) < 4.78 is 50.9. The quantitative estimate of drug-likeness (QED) is 0.245. The van der Waals surface area contributed by atoms with Crippen molar-refractivity contribution in [2.75, 3.05) is 6.61 Å². The third kappa shape index (κ3) is 9.13. The highest BCUT2D eigenvalue weighted by molar-refractivity contribution is 5.66. The van der Waals surface area contributed by atoms with Gasteiger partial charge in [-0.25, -0.2) is 0 Å². The largest absolute Gasteiger partial charge is 0.457 e. The van der Waals surface area contributed by atoms with Crippen LogP contribution < -0.4 is 0 Å². The Morgan fingerprint density at radius 3 is 1.68 bits per heavy atom. The van der Waals surface area contributed by atoms with E-state index in [1.165, 1.54) is 13.8 Å². The standard InChI is InChI=1S/C37H58O10/c1-11-29-20(3)22(5)33(43-26(9)38)36(45-29)41-19-31-24(7)32(35(25(8)42-31)40-18-28-16-14-13-15-17-28)47-37-34(44-27(10)39)23(6)21(4)30(12-2)46-37/h13-17,20-25,29-37H,11-12,18-19H2,1-10H3/t20-,21-,22-,23?,24+,25+,29?,30-,31?,32-,33?,34?,35?,36-,37+/m0/s1. The molecule has 3 aliphatic rings. The Balaban J connectivity index is 1.57. The van der Waals surface area contributed by atoms with Gasteiger partial charge in [-0.05, 0) is 37.2 Å². The van der Waals surface area contributed by atoms with Crippen molar-refractivity contribution < 1.29 is 47.5 Å². The molecule has 6 unspecified atom stereocenters. The highest BCUT2D eigenvalue weighted by Gasteiger charge is 2.50. The van der Waals surface area contributed by atoms with Crippen molar-refractivity contribution in [3.63, 3.8) is 0 Å². The summed E-state index contributed by atoms with van der Waals surface area (Å²) in [5, 5.41) is 0. The fraction of sp³-hybridized carbons (Fsp3) is 0.784. The van der Waals surface area contributed by atoms with Crippen LogP contribution in [0, 0.1) is 29.6 Å². The van der Waals surface area contributed by atoms with Gasteiger partial charge < -0.3 is 37.9 Å². The van der Waals surface area contributed by atoms with E-state index in [0.29, 0.717) is 6.61 Å². The molecule has 3 heterocycles. The lowest BCUT2D eigenvalue weighted by atomic mass is 9.82. The number of carbonyl (C=O) groups excluding carboxylic acids is 2. The summed E-state index contributed by atoms with van der Waals surface area (Å²) in [6.07, 6.45) is -2.72. The summed E-state index contributed by atoms with van der Waals surface area (Å²) in [7, 11) is 0. The molecule has 0 aromatic heterocycles. The van der Waals surface area contributed by atoms with Gasteiger partial charge in [-0.1, -0.05) is 78.8 Å². The minimum Gasteiger partial charge on any atom is -0.457 e. The van der Waals surface area contributed by atoms with Gasteiger partial charge in [0.2, 0.25) is 0 Å². The maximum Gasteiger partial charge on any atom is 0.303 e. The second kappa shape index (κ2) is 17.0. The monoisotopic (exact) mass is 662 g/mol. The van der Waals surface area contributed by atoms with E-state index >= 15 is 0 Å². The average molecular weight is 663 g/mol. The molecule has 0 amide bonds. The summed E-state index contributed by atoms with van der Waals surface area (Å²) in [5.74, 6) is -0.496. The van der Waals surface area contributed by atoms with Crippen LogP contribution in [0.3, 0.4) is 0 Å². The number of ether oxygens (including phenoxy) is 8. The van der Waals surface area contributed by atoms with Gasteiger partial charge in [-0.2, -0.15) is 0 Å². The van der Waals surface area contributed by atoms with Crippen LogP contribution in [0.1, 0.15) is 87.6 Å². The molecule has 4 rings (SSSR count). The van der Waals surface area contributed by atoms with E-state index in [4.69, 9.17) is 37.9 Å². The van der Waals surface area contributed by atoms with E-state index in [1.807, 2.05) is 37.3 Å². The normalized spacial score (nSPS) is 40.9. The average Bonchev–Trinajstić information content (AvgIpc) is 3.04. The van der Waals surface area contributed by atoms with Crippen LogP contribution in [-0.4, -0.2) is 80.0 Å². The first-order chi connectivity index (χ1) is 22.4. The van der Waals surface area contributed by atoms with Gasteiger partial charge in [0.25, 0.3) is 0 Å². The van der Waals surface area contributed by atoms with E-state index in [2.05, 4.69) is 48.5 Å². The maximum absolute atomic E-state index is 12.2. The third-order valence-corrected chi connectivity index (χ3v) is 10.7. The number of benzene rings is 1. The van der Waals surface area contributed by atoms with Gasteiger partial charge in [0.1, 0.15) is 6.10 Å². The molecule has 0 aliphatic carbocycles. The van der Waals surface area contributed by atoms with E-state index in [9.17, 15) is 9.59 Å². The Morgan fingerprint density at radius 2 is 1.15 bits per heavy atom. The molecule has 3 fully saturated rings. The molecule has 10 nitrogen and oxygen atoms in total. The van der Waals surface area contributed by atoms with Crippen LogP contribution in [0.2, 0.25) is 0 Å². The number of rotatable bonds is 12. The first-order valence-corrected chi connectivity index (χ1v) is 17.6. The number of carbonyl (C=O) groups is 2. The second-order valence-electron chi connectivity index (χ2n) is 13.9. The van der Waals surface area contributed by atoms with E-state index in [1.54, 1.807) is 0 Å². The summed E-state index contributed by atoms with van der Waals surface area (Å²) >= 11 is 0. The third-order valence-electron chi connectivity index (χ3n) is 10.7. The smallest absolute Gasteiger partial charge is 0.303 e. The summed E-state index contributed by atoms with van der Waals surface area (Å²) in [4.78, 5) is 24.3. The van der Waals surface area contributed by atoms with E-state index in [-0.39, 0.29) is 66.4 Å². The maximum atomic E-state index is 12.2. The molecule has 10 heteroatoms. The molecule has 0 N–H and O–H groups in total. The zero-order chi connectivity index (χ0) is 34.4. The Morgan fingerprint density at radius 1 is 0.617 bits per heavy atom. The lowest BCUT2D eigenvalue weighted by Gasteiger charge is -2.49. The molecule has 0 radical (unpaired) electrons. The Labute approximate surface area is 281 Å². The Hall–Kier alpha value is -2.08. The van der Waals surface area contributed by atoms with Crippen molar-refractivity contribution in [1.29, 1.82) is 0 Å². The first kappa shape index (κ1) is 37.7. The highest BCUT2D eigenvalue weighted by Crippen LogP contribution is 2.40. The molecule has 1 aromatic rings. The molecule has 0 spiro atoms. The topological polar surface area (TPSA) is 108 Å². The minimum absolute atomic E-state index is 0.0187. The zero-order valence-corrected chi connectivity index (χ0v) is 30.0. The SMILES string of the molecule is CCC1O[C@H](OCC2O[C@H](C)C(OCc3ccccc3)[C@@H](O[C@H]3O[C@@H](CC)[C@@H](C)C(C)C3OC(C)=O)[C@@H]2C)C(OC(C)=O)[C@@H](C)[C@@H]1C. The minimum atomic E-state index is -0.778. The second-order valence-corrected chi connectivity index (χ2v) is 13.9. The van der Waals surface area contributed by atoms with Gasteiger partial charge in [0, 0.05) is 31.6 Å². The molecule has 266 valence electrons. The van der Waals surface area contributed by atoms with Crippen LogP contribution in [-0.2, 0) is 54.1 Å². The van der Waals surface area contributed by atoms with E-state index in [0.717, 1.165) is 18.4 Å². The van der Waals surface area contributed by atoms with Gasteiger partial charge in [0.15, 0.2) is 24.8 Å². The number of hydrogen-bond donors (Lipinski definition) is 0. The molecule has 3 saturated heterocycles. The Kier molecular flexibility index (Phi) is 13.7. The zero-order valence-electron chi connectivity index (χ0n) is 30.0. The number of esters is 2. The molecular weight excluding hydrogens is 604 g/mol. The Bertz CT molecular complexity index is 1130. The van der Waals surface area contributed by atoms with Crippen molar-refractivity contribution in [2.24, 2.45) is 29.6 Å². The van der Waals surface area contributed by atoms with Gasteiger partial charge >= 0.3 is 11.9 Å². The van der Waals surface area contributed by atoms with Gasteiger partial charge in [-0.15, -0.1) is 0 Å². The van der Waals surface area contributed by atoms with Crippen molar-refractivity contribution >= 4 is 11.9 Å². The van der Waals surface area contributed by atoms with Crippen molar-refractivity contribution in [3.8, 4) is 0 Å². The van der Waals surface area contributed by atoms with Crippen LogP contribution in [0.25, 0.3) is 0 Å². The molecule has 0 bridgehead atoms. The lowest BCUT2D eigenvalue weighted by Crippen LogP contribution is -2.60. The molecule has 1 aromatic carbocycles. The summed E-state index contributed by atoms with van der Waals surface area (Å²) in [6, 6.07) is 9.99. The molecular formula is C37H58O10. The predicted octanol–water partition coefficient (Wildman–Crippen LogP) is 6.07. The first-order valence-electron chi connectivity index (χ1n) is 17.6. The fourth-order valence-corrected chi connectivity index (χ4v) is 7.40. The van der Waals surface area contributed by atoms with Crippen molar-refractivity contribution in [2.45, 2.75) is 150 Å². The van der Waals surface area contributed by atoms with Crippen molar-refractivity contribution in [3.05, 3.63) is 35.9 Å².